The average molecular weight is 207 g/mol. The number of benzene rings is 1. The van der Waals surface area contributed by atoms with Crippen molar-refractivity contribution in [1.82, 2.24) is 0 Å². The number of aryl methyl sites for hydroxylation is 1. The first-order chi connectivity index (χ1) is 7.13. The minimum absolute atomic E-state index is 0.0207. The number of rotatable bonds is 5. The summed E-state index contributed by atoms with van der Waals surface area (Å²) in [4.78, 5) is 10.5. The first-order valence-electron chi connectivity index (χ1n) is 5.19. The van der Waals surface area contributed by atoms with Crippen molar-refractivity contribution >= 4 is 5.97 Å². The van der Waals surface area contributed by atoms with Crippen molar-refractivity contribution in [2.45, 2.75) is 32.2 Å². The Bertz CT molecular complexity index is 319. The van der Waals surface area contributed by atoms with Crippen LogP contribution in [0.2, 0.25) is 0 Å². The van der Waals surface area contributed by atoms with Crippen LogP contribution in [-0.2, 0) is 11.2 Å². The molecular formula is C12H17NO2. The smallest absolute Gasteiger partial charge is 0.305 e. The van der Waals surface area contributed by atoms with Gasteiger partial charge in [-0.2, -0.15) is 0 Å². The number of carbonyl (C=O) groups is 1. The molecule has 82 valence electrons. The zero-order chi connectivity index (χ0) is 11.3. The van der Waals surface area contributed by atoms with Gasteiger partial charge in [0, 0.05) is 6.04 Å². The van der Waals surface area contributed by atoms with E-state index < -0.39 is 12.0 Å². The largest absolute Gasteiger partial charge is 0.481 e. The first kappa shape index (κ1) is 11.7. The first-order valence-corrected chi connectivity index (χ1v) is 5.19. The Morgan fingerprint density at radius 3 is 2.47 bits per heavy atom. The molecule has 0 unspecified atom stereocenters. The van der Waals surface area contributed by atoms with Crippen LogP contribution in [0.4, 0.5) is 0 Å². The third kappa shape index (κ3) is 3.72. The van der Waals surface area contributed by atoms with Crippen molar-refractivity contribution in [3.8, 4) is 0 Å². The molecule has 0 fully saturated rings. The Morgan fingerprint density at radius 2 is 2.00 bits per heavy atom. The minimum atomic E-state index is -0.861. The van der Waals surface area contributed by atoms with Crippen molar-refractivity contribution in [2.24, 2.45) is 5.73 Å². The topological polar surface area (TPSA) is 63.3 Å². The highest BCUT2D eigenvalue weighted by Gasteiger charge is 2.09. The summed E-state index contributed by atoms with van der Waals surface area (Å²) >= 11 is 0. The van der Waals surface area contributed by atoms with Crippen molar-refractivity contribution in [3.63, 3.8) is 0 Å². The molecule has 0 aliphatic rings. The highest BCUT2D eigenvalue weighted by Crippen LogP contribution is 2.15. The lowest BCUT2D eigenvalue weighted by atomic mass is 10.0. The maximum Gasteiger partial charge on any atom is 0.305 e. The highest BCUT2D eigenvalue weighted by molar-refractivity contribution is 5.67. The molecule has 15 heavy (non-hydrogen) atoms. The standard InChI is InChI=1S/C12H17NO2/c1-2-3-9-4-6-10(7-5-9)11(13)8-12(14)15/h4-7,11H,2-3,8,13H2,1H3,(H,14,15)/t11-/m0/s1. The Hall–Kier alpha value is -1.35. The molecule has 1 aromatic rings. The molecule has 3 heteroatoms. The molecule has 3 nitrogen and oxygen atoms in total. The van der Waals surface area contributed by atoms with Crippen molar-refractivity contribution < 1.29 is 9.90 Å². The zero-order valence-electron chi connectivity index (χ0n) is 8.94. The molecule has 1 atom stereocenters. The summed E-state index contributed by atoms with van der Waals surface area (Å²) in [6.07, 6.45) is 2.14. The van der Waals surface area contributed by atoms with E-state index >= 15 is 0 Å². The molecule has 0 radical (unpaired) electrons. The van der Waals surface area contributed by atoms with Gasteiger partial charge in [0.25, 0.3) is 0 Å². The fraction of sp³-hybridized carbons (Fsp3) is 0.417. The normalized spacial score (nSPS) is 12.4. The summed E-state index contributed by atoms with van der Waals surface area (Å²) in [5.41, 5.74) is 7.89. The van der Waals surface area contributed by atoms with Gasteiger partial charge in [-0.1, -0.05) is 37.6 Å². The van der Waals surface area contributed by atoms with Crippen LogP contribution in [0.1, 0.15) is 36.9 Å². The minimum Gasteiger partial charge on any atom is -0.481 e. The molecular weight excluding hydrogens is 190 g/mol. The van der Waals surface area contributed by atoms with Gasteiger partial charge < -0.3 is 10.8 Å². The van der Waals surface area contributed by atoms with Crippen LogP contribution in [0.3, 0.4) is 0 Å². The summed E-state index contributed by atoms with van der Waals surface area (Å²) in [6.45, 7) is 2.13. The van der Waals surface area contributed by atoms with Crippen molar-refractivity contribution in [1.29, 1.82) is 0 Å². The fourth-order valence-corrected chi connectivity index (χ4v) is 1.53. The van der Waals surface area contributed by atoms with Crippen LogP contribution < -0.4 is 5.73 Å². The number of hydrogen-bond acceptors (Lipinski definition) is 2. The third-order valence-corrected chi connectivity index (χ3v) is 2.34. The lowest BCUT2D eigenvalue weighted by molar-refractivity contribution is -0.137. The summed E-state index contributed by atoms with van der Waals surface area (Å²) in [5.74, 6) is -0.861. The van der Waals surface area contributed by atoms with E-state index in [1.807, 2.05) is 24.3 Å². The van der Waals surface area contributed by atoms with Gasteiger partial charge in [0.1, 0.15) is 0 Å². The number of hydrogen-bond donors (Lipinski definition) is 2. The van der Waals surface area contributed by atoms with Crippen LogP contribution in [0.5, 0.6) is 0 Å². The molecule has 0 saturated carbocycles. The van der Waals surface area contributed by atoms with Crippen LogP contribution >= 0.6 is 0 Å². The van der Waals surface area contributed by atoms with Gasteiger partial charge in [-0.3, -0.25) is 4.79 Å². The van der Waals surface area contributed by atoms with Crippen LogP contribution in [0.15, 0.2) is 24.3 Å². The van der Waals surface area contributed by atoms with Crippen molar-refractivity contribution in [2.75, 3.05) is 0 Å². The van der Waals surface area contributed by atoms with Gasteiger partial charge in [-0.25, -0.2) is 0 Å². The summed E-state index contributed by atoms with van der Waals surface area (Å²) in [7, 11) is 0. The monoisotopic (exact) mass is 207 g/mol. The van der Waals surface area contributed by atoms with E-state index in [4.69, 9.17) is 10.8 Å². The summed E-state index contributed by atoms with van der Waals surface area (Å²) in [6, 6.07) is 7.45. The number of carboxylic acids is 1. The molecule has 0 spiro atoms. The van der Waals surface area contributed by atoms with E-state index in [9.17, 15) is 4.79 Å². The second-order valence-electron chi connectivity index (χ2n) is 3.70. The average Bonchev–Trinajstić information content (AvgIpc) is 2.18. The summed E-state index contributed by atoms with van der Waals surface area (Å²) < 4.78 is 0. The van der Waals surface area contributed by atoms with Crippen LogP contribution in [0, 0.1) is 0 Å². The Labute approximate surface area is 89.9 Å². The second-order valence-corrected chi connectivity index (χ2v) is 3.70. The highest BCUT2D eigenvalue weighted by atomic mass is 16.4. The molecule has 0 heterocycles. The van der Waals surface area contributed by atoms with Gasteiger partial charge >= 0.3 is 5.97 Å². The van der Waals surface area contributed by atoms with E-state index in [0.717, 1.165) is 18.4 Å². The number of nitrogens with two attached hydrogens (primary N) is 1. The lowest BCUT2D eigenvalue weighted by Crippen LogP contribution is -2.14. The predicted octanol–water partition coefficient (Wildman–Crippen LogP) is 2.11. The van der Waals surface area contributed by atoms with Crippen LogP contribution in [-0.4, -0.2) is 11.1 Å². The molecule has 0 aliphatic carbocycles. The second kappa shape index (κ2) is 5.51. The predicted molar refractivity (Wildman–Crippen MR) is 59.6 cm³/mol. The molecule has 3 N–H and O–H groups in total. The van der Waals surface area contributed by atoms with E-state index in [1.54, 1.807) is 0 Å². The maximum absolute atomic E-state index is 10.5. The van der Waals surface area contributed by atoms with Gasteiger partial charge in [-0.05, 0) is 17.5 Å². The van der Waals surface area contributed by atoms with Crippen molar-refractivity contribution in [3.05, 3.63) is 35.4 Å². The van der Waals surface area contributed by atoms with Crippen LogP contribution in [0.25, 0.3) is 0 Å². The van der Waals surface area contributed by atoms with E-state index in [1.165, 1.54) is 5.56 Å². The van der Waals surface area contributed by atoms with Gasteiger partial charge in [0.2, 0.25) is 0 Å². The number of carboxylic acid groups (broad SMARTS) is 1. The Balaban J connectivity index is 2.66. The maximum atomic E-state index is 10.5. The van der Waals surface area contributed by atoms with E-state index in [2.05, 4.69) is 6.92 Å². The van der Waals surface area contributed by atoms with Gasteiger partial charge in [-0.15, -0.1) is 0 Å². The quantitative estimate of drug-likeness (QED) is 0.777. The third-order valence-electron chi connectivity index (χ3n) is 2.34. The van der Waals surface area contributed by atoms with E-state index in [0.29, 0.717) is 0 Å². The molecule has 0 saturated heterocycles. The SMILES string of the molecule is CCCc1ccc([C@@H](N)CC(=O)O)cc1. The Morgan fingerprint density at radius 1 is 1.40 bits per heavy atom. The summed E-state index contributed by atoms with van der Waals surface area (Å²) in [5, 5.41) is 8.60. The molecule has 0 aliphatic heterocycles. The molecule has 1 rings (SSSR count). The molecule has 1 aromatic carbocycles. The molecule has 0 amide bonds. The molecule has 0 bridgehead atoms. The zero-order valence-corrected chi connectivity index (χ0v) is 8.94. The fourth-order valence-electron chi connectivity index (χ4n) is 1.53. The Kier molecular flexibility index (Phi) is 4.31. The van der Waals surface area contributed by atoms with Gasteiger partial charge in [0.05, 0.1) is 6.42 Å². The lowest BCUT2D eigenvalue weighted by Gasteiger charge is -2.09. The molecule has 0 aromatic heterocycles. The van der Waals surface area contributed by atoms with E-state index in [-0.39, 0.29) is 6.42 Å². The van der Waals surface area contributed by atoms with Gasteiger partial charge in [0.15, 0.2) is 0 Å². The number of aliphatic carboxylic acids is 1.